The molecular weight excluding hydrogens is 262 g/mol. The van der Waals surface area contributed by atoms with Crippen molar-refractivity contribution in [2.24, 2.45) is 5.92 Å². The lowest BCUT2D eigenvalue weighted by Gasteiger charge is -2.20. The van der Waals surface area contributed by atoms with Crippen molar-refractivity contribution in [3.05, 3.63) is 29.3 Å². The highest BCUT2D eigenvalue weighted by molar-refractivity contribution is 5.38. The summed E-state index contributed by atoms with van der Waals surface area (Å²) in [7, 11) is 1.95. The molecule has 1 aromatic rings. The van der Waals surface area contributed by atoms with E-state index in [0.717, 1.165) is 17.7 Å². The average Bonchev–Trinajstić information content (AvgIpc) is 2.98. The van der Waals surface area contributed by atoms with Crippen molar-refractivity contribution in [3.63, 3.8) is 0 Å². The molecule has 3 heteroatoms. The molecule has 0 aromatic heterocycles. The van der Waals surface area contributed by atoms with E-state index in [0.29, 0.717) is 12.5 Å². The standard InChI is InChI=1S/C18H29NO2/c1-13-8-9-18(17(10-13)14(2)19-3)21-12-16(20)11-15-6-4-5-7-15/h8-10,14-16,19-20H,4-7,11-12H2,1-3H3. The molecule has 1 saturated carbocycles. The van der Waals surface area contributed by atoms with Crippen LogP contribution in [0.15, 0.2) is 18.2 Å². The summed E-state index contributed by atoms with van der Waals surface area (Å²) >= 11 is 0. The van der Waals surface area contributed by atoms with Gasteiger partial charge in [-0.2, -0.15) is 0 Å². The molecule has 2 unspecified atom stereocenters. The maximum Gasteiger partial charge on any atom is 0.124 e. The lowest BCUT2D eigenvalue weighted by molar-refractivity contribution is 0.0849. The van der Waals surface area contributed by atoms with Crippen LogP contribution in [0.5, 0.6) is 5.75 Å². The second kappa shape index (κ2) is 7.81. The Hall–Kier alpha value is -1.06. The van der Waals surface area contributed by atoms with E-state index in [4.69, 9.17) is 4.74 Å². The van der Waals surface area contributed by atoms with Gasteiger partial charge in [-0.05, 0) is 39.3 Å². The Morgan fingerprint density at radius 2 is 2.05 bits per heavy atom. The number of ether oxygens (including phenoxy) is 1. The lowest BCUT2D eigenvalue weighted by Crippen LogP contribution is -2.21. The summed E-state index contributed by atoms with van der Waals surface area (Å²) in [5.41, 5.74) is 2.39. The molecule has 21 heavy (non-hydrogen) atoms. The third-order valence-electron chi connectivity index (χ3n) is 4.58. The molecule has 1 aliphatic rings. The van der Waals surface area contributed by atoms with E-state index >= 15 is 0 Å². The number of benzene rings is 1. The number of rotatable bonds is 7. The predicted molar refractivity (Wildman–Crippen MR) is 86.7 cm³/mol. The van der Waals surface area contributed by atoms with Crippen LogP contribution in [0.3, 0.4) is 0 Å². The van der Waals surface area contributed by atoms with E-state index < -0.39 is 0 Å². The Kier molecular flexibility index (Phi) is 6.07. The predicted octanol–water partition coefficient (Wildman–Crippen LogP) is 3.60. The highest BCUT2D eigenvalue weighted by Gasteiger charge is 2.19. The minimum absolute atomic E-state index is 0.242. The minimum atomic E-state index is -0.354. The quantitative estimate of drug-likeness (QED) is 0.806. The van der Waals surface area contributed by atoms with Crippen molar-refractivity contribution in [2.75, 3.05) is 13.7 Å². The first kappa shape index (κ1) is 16.3. The Bertz CT molecular complexity index is 441. The van der Waals surface area contributed by atoms with Crippen LogP contribution in [-0.2, 0) is 0 Å². The van der Waals surface area contributed by atoms with E-state index in [9.17, 15) is 5.11 Å². The van der Waals surface area contributed by atoms with Crippen LogP contribution in [0.25, 0.3) is 0 Å². The van der Waals surface area contributed by atoms with Gasteiger partial charge in [0.2, 0.25) is 0 Å². The zero-order chi connectivity index (χ0) is 15.2. The van der Waals surface area contributed by atoms with Crippen LogP contribution in [-0.4, -0.2) is 24.9 Å². The summed E-state index contributed by atoms with van der Waals surface area (Å²) in [6.07, 6.45) is 5.70. The SMILES string of the molecule is CNC(C)c1cc(C)ccc1OCC(O)CC1CCCC1. The average molecular weight is 291 g/mol. The smallest absolute Gasteiger partial charge is 0.124 e. The van der Waals surface area contributed by atoms with Crippen molar-refractivity contribution in [1.29, 1.82) is 0 Å². The number of hydrogen-bond donors (Lipinski definition) is 2. The summed E-state index contributed by atoms with van der Waals surface area (Å²) in [6, 6.07) is 6.47. The molecule has 0 spiro atoms. The van der Waals surface area contributed by atoms with Crippen LogP contribution >= 0.6 is 0 Å². The molecule has 0 radical (unpaired) electrons. The van der Waals surface area contributed by atoms with Gasteiger partial charge in [0.05, 0.1) is 6.10 Å². The molecule has 0 amide bonds. The maximum atomic E-state index is 10.2. The van der Waals surface area contributed by atoms with Crippen molar-refractivity contribution in [1.82, 2.24) is 5.32 Å². The van der Waals surface area contributed by atoms with Crippen LogP contribution in [0.1, 0.15) is 56.2 Å². The number of aliphatic hydroxyl groups excluding tert-OH is 1. The molecule has 118 valence electrons. The molecule has 1 aliphatic carbocycles. The van der Waals surface area contributed by atoms with Gasteiger partial charge in [0.25, 0.3) is 0 Å². The maximum absolute atomic E-state index is 10.2. The zero-order valence-corrected chi connectivity index (χ0v) is 13.6. The monoisotopic (exact) mass is 291 g/mol. The number of aliphatic hydroxyl groups is 1. The second-order valence-corrected chi connectivity index (χ2v) is 6.40. The molecule has 0 bridgehead atoms. The van der Waals surface area contributed by atoms with Gasteiger partial charge in [0.15, 0.2) is 0 Å². The van der Waals surface area contributed by atoms with Crippen LogP contribution in [0.4, 0.5) is 0 Å². The largest absolute Gasteiger partial charge is 0.491 e. The van der Waals surface area contributed by atoms with Crippen molar-refractivity contribution < 1.29 is 9.84 Å². The molecule has 0 saturated heterocycles. The van der Waals surface area contributed by atoms with Crippen LogP contribution < -0.4 is 10.1 Å². The molecule has 1 fully saturated rings. The molecule has 2 atom stereocenters. The number of nitrogens with one attached hydrogen (secondary N) is 1. The first-order chi connectivity index (χ1) is 10.1. The first-order valence-electron chi connectivity index (χ1n) is 8.18. The summed E-state index contributed by atoms with van der Waals surface area (Å²) in [5.74, 6) is 1.57. The van der Waals surface area contributed by atoms with E-state index in [1.807, 2.05) is 13.1 Å². The van der Waals surface area contributed by atoms with Gasteiger partial charge in [0.1, 0.15) is 12.4 Å². The molecular formula is C18H29NO2. The van der Waals surface area contributed by atoms with Crippen molar-refractivity contribution in [3.8, 4) is 5.75 Å². The number of aryl methyl sites for hydroxylation is 1. The van der Waals surface area contributed by atoms with Gasteiger partial charge >= 0.3 is 0 Å². The van der Waals surface area contributed by atoms with Gasteiger partial charge in [-0.1, -0.05) is 43.4 Å². The van der Waals surface area contributed by atoms with Gasteiger partial charge in [-0.15, -0.1) is 0 Å². The summed E-state index contributed by atoms with van der Waals surface area (Å²) in [5, 5.41) is 13.4. The van der Waals surface area contributed by atoms with Crippen molar-refractivity contribution in [2.45, 2.75) is 58.1 Å². The van der Waals surface area contributed by atoms with Gasteiger partial charge < -0.3 is 15.2 Å². The zero-order valence-electron chi connectivity index (χ0n) is 13.6. The molecule has 1 aromatic carbocycles. The Morgan fingerprint density at radius 1 is 1.33 bits per heavy atom. The topological polar surface area (TPSA) is 41.5 Å². The highest BCUT2D eigenvalue weighted by atomic mass is 16.5. The van der Waals surface area contributed by atoms with E-state index in [1.54, 1.807) is 0 Å². The first-order valence-corrected chi connectivity index (χ1v) is 8.18. The van der Waals surface area contributed by atoms with Crippen LogP contribution in [0, 0.1) is 12.8 Å². The molecule has 2 N–H and O–H groups in total. The fraction of sp³-hybridized carbons (Fsp3) is 0.667. The summed E-state index contributed by atoms with van der Waals surface area (Å²) in [4.78, 5) is 0. The van der Waals surface area contributed by atoms with Crippen LogP contribution in [0.2, 0.25) is 0 Å². The third-order valence-corrected chi connectivity index (χ3v) is 4.58. The van der Waals surface area contributed by atoms with Gasteiger partial charge in [-0.3, -0.25) is 0 Å². The van der Waals surface area contributed by atoms with Gasteiger partial charge in [-0.25, -0.2) is 0 Å². The molecule has 0 heterocycles. The second-order valence-electron chi connectivity index (χ2n) is 6.40. The van der Waals surface area contributed by atoms with Crippen molar-refractivity contribution >= 4 is 0 Å². The molecule has 3 nitrogen and oxygen atoms in total. The lowest BCUT2D eigenvalue weighted by atomic mass is 10.0. The Morgan fingerprint density at radius 3 is 2.71 bits per heavy atom. The minimum Gasteiger partial charge on any atom is -0.491 e. The summed E-state index contributed by atoms with van der Waals surface area (Å²) in [6.45, 7) is 4.60. The Labute approximate surface area is 128 Å². The normalized spacial score (nSPS) is 18.7. The van der Waals surface area contributed by atoms with E-state index in [2.05, 4.69) is 31.3 Å². The molecule has 2 rings (SSSR count). The fourth-order valence-electron chi connectivity index (χ4n) is 3.18. The fourth-order valence-corrected chi connectivity index (χ4v) is 3.18. The number of hydrogen-bond acceptors (Lipinski definition) is 3. The van der Waals surface area contributed by atoms with E-state index in [-0.39, 0.29) is 12.1 Å². The third kappa shape index (κ3) is 4.72. The van der Waals surface area contributed by atoms with E-state index in [1.165, 1.54) is 31.2 Å². The Balaban J connectivity index is 1.92. The van der Waals surface area contributed by atoms with Gasteiger partial charge in [0, 0.05) is 11.6 Å². The summed E-state index contributed by atoms with van der Waals surface area (Å²) < 4.78 is 5.90. The molecule has 0 aliphatic heterocycles. The highest BCUT2D eigenvalue weighted by Crippen LogP contribution is 2.30.